The van der Waals surface area contributed by atoms with Gasteiger partial charge in [0.25, 0.3) is 0 Å². The first-order valence-electron chi connectivity index (χ1n) is 9.65. The highest BCUT2D eigenvalue weighted by molar-refractivity contribution is 5.88. The zero-order valence-corrected chi connectivity index (χ0v) is 17.0. The zero-order valence-electron chi connectivity index (χ0n) is 17.0. The number of hydrogen-bond acceptors (Lipinski definition) is 5. The van der Waals surface area contributed by atoms with Gasteiger partial charge in [0.1, 0.15) is 6.04 Å². The molecule has 0 bridgehead atoms. The lowest BCUT2D eigenvalue weighted by atomic mass is 10.0. The summed E-state index contributed by atoms with van der Waals surface area (Å²) >= 11 is 0. The average Bonchev–Trinajstić information content (AvgIpc) is 2.72. The van der Waals surface area contributed by atoms with Crippen molar-refractivity contribution in [3.8, 4) is 6.07 Å². The first kappa shape index (κ1) is 23.5. The number of anilines is 1. The number of piperazine rings is 1. The predicted octanol–water partition coefficient (Wildman–Crippen LogP) is 2.16. The summed E-state index contributed by atoms with van der Waals surface area (Å²) in [5.74, 6) is -0.550. The second-order valence-corrected chi connectivity index (χ2v) is 6.92. The standard InChI is InChI=1S/C20H25F3N4O3/c1-3-4-18(28)27-9-8-26(13-17(27)19(29)25-7-10-30-2)15-6-5-14(12-24)16(11-15)20(21,22)23/h5-6,11,17H,3-4,7-10,13H2,1-2H3,(H,25,29). The monoisotopic (exact) mass is 426 g/mol. The summed E-state index contributed by atoms with van der Waals surface area (Å²) < 4.78 is 44.9. The number of rotatable bonds is 7. The Kier molecular flexibility index (Phi) is 8.06. The number of alkyl halides is 3. The maximum Gasteiger partial charge on any atom is 0.417 e. The van der Waals surface area contributed by atoms with Crippen molar-refractivity contribution >= 4 is 17.5 Å². The molecule has 7 nitrogen and oxygen atoms in total. The molecule has 1 heterocycles. The van der Waals surface area contributed by atoms with Crippen molar-refractivity contribution in [1.29, 1.82) is 5.26 Å². The van der Waals surface area contributed by atoms with E-state index < -0.39 is 23.3 Å². The summed E-state index contributed by atoms with van der Waals surface area (Å²) in [7, 11) is 1.49. The smallest absolute Gasteiger partial charge is 0.383 e. The van der Waals surface area contributed by atoms with Crippen molar-refractivity contribution in [2.45, 2.75) is 32.0 Å². The Hall–Kier alpha value is -2.80. The number of amides is 2. The largest absolute Gasteiger partial charge is 0.417 e. The number of carbonyl (C=O) groups excluding carboxylic acids is 2. The fraction of sp³-hybridized carbons (Fsp3) is 0.550. The van der Waals surface area contributed by atoms with E-state index in [-0.39, 0.29) is 50.1 Å². The van der Waals surface area contributed by atoms with Gasteiger partial charge in [0, 0.05) is 45.4 Å². The van der Waals surface area contributed by atoms with Crippen LogP contribution < -0.4 is 10.2 Å². The summed E-state index contributed by atoms with van der Waals surface area (Å²) in [6.07, 6.45) is -3.75. The Morgan fingerprint density at radius 2 is 2.07 bits per heavy atom. The fourth-order valence-electron chi connectivity index (χ4n) is 3.35. The van der Waals surface area contributed by atoms with E-state index in [9.17, 15) is 22.8 Å². The average molecular weight is 426 g/mol. The van der Waals surface area contributed by atoms with Gasteiger partial charge in [-0.3, -0.25) is 9.59 Å². The molecule has 1 aliphatic heterocycles. The van der Waals surface area contributed by atoms with Crippen LogP contribution in [-0.2, 0) is 20.5 Å². The molecular formula is C20H25F3N4O3. The first-order chi connectivity index (χ1) is 14.2. The third-order valence-electron chi connectivity index (χ3n) is 4.87. The highest BCUT2D eigenvalue weighted by atomic mass is 19.4. The third kappa shape index (κ3) is 5.63. The van der Waals surface area contributed by atoms with Crippen molar-refractivity contribution in [3.63, 3.8) is 0 Å². The van der Waals surface area contributed by atoms with Crippen LogP contribution in [0.3, 0.4) is 0 Å². The van der Waals surface area contributed by atoms with Gasteiger partial charge in [0.2, 0.25) is 11.8 Å². The first-order valence-corrected chi connectivity index (χ1v) is 9.65. The van der Waals surface area contributed by atoms with E-state index in [0.717, 1.165) is 12.1 Å². The second kappa shape index (κ2) is 10.3. The predicted molar refractivity (Wildman–Crippen MR) is 104 cm³/mol. The normalized spacial score (nSPS) is 16.9. The molecule has 10 heteroatoms. The summed E-state index contributed by atoms with van der Waals surface area (Å²) in [6.45, 7) is 2.96. The van der Waals surface area contributed by atoms with Crippen LogP contribution in [0.2, 0.25) is 0 Å². The molecule has 1 aliphatic rings. The van der Waals surface area contributed by atoms with Crippen LogP contribution in [0.15, 0.2) is 18.2 Å². The number of nitrogens with one attached hydrogen (secondary N) is 1. The fourth-order valence-corrected chi connectivity index (χ4v) is 3.35. The van der Waals surface area contributed by atoms with Gasteiger partial charge in [0.15, 0.2) is 0 Å². The Bertz CT molecular complexity index is 807. The summed E-state index contributed by atoms with van der Waals surface area (Å²) in [6, 6.07) is 4.19. The molecule has 0 spiro atoms. The number of ether oxygens (including phenoxy) is 1. The molecular weight excluding hydrogens is 401 g/mol. The number of methoxy groups -OCH3 is 1. The molecule has 0 saturated carbocycles. The van der Waals surface area contributed by atoms with Crippen LogP contribution in [0.5, 0.6) is 0 Å². The molecule has 1 N–H and O–H groups in total. The topological polar surface area (TPSA) is 85.7 Å². The van der Waals surface area contributed by atoms with Crippen LogP contribution in [0.1, 0.15) is 30.9 Å². The number of hydrogen-bond donors (Lipinski definition) is 1. The highest BCUT2D eigenvalue weighted by Gasteiger charge is 2.37. The summed E-state index contributed by atoms with van der Waals surface area (Å²) in [5.41, 5.74) is -1.23. The number of benzene rings is 1. The summed E-state index contributed by atoms with van der Waals surface area (Å²) in [4.78, 5) is 28.3. The molecule has 0 aromatic heterocycles. The van der Waals surface area contributed by atoms with Crippen molar-refractivity contribution in [1.82, 2.24) is 10.2 Å². The molecule has 164 valence electrons. The van der Waals surface area contributed by atoms with Crippen molar-refractivity contribution < 1.29 is 27.5 Å². The number of nitrogens with zero attached hydrogens (tertiary/aromatic N) is 3. The molecule has 0 radical (unpaired) electrons. The van der Waals surface area contributed by atoms with Gasteiger partial charge in [0.05, 0.1) is 23.8 Å². The zero-order chi connectivity index (χ0) is 22.3. The molecule has 30 heavy (non-hydrogen) atoms. The molecule has 1 atom stereocenters. The third-order valence-corrected chi connectivity index (χ3v) is 4.87. The van der Waals surface area contributed by atoms with E-state index in [1.807, 2.05) is 6.92 Å². The van der Waals surface area contributed by atoms with E-state index in [4.69, 9.17) is 10.00 Å². The maximum absolute atomic E-state index is 13.3. The number of nitriles is 1. The van der Waals surface area contributed by atoms with Gasteiger partial charge >= 0.3 is 6.18 Å². The molecule has 1 unspecified atom stereocenters. The van der Waals surface area contributed by atoms with Crippen LogP contribution in [0.4, 0.5) is 18.9 Å². The van der Waals surface area contributed by atoms with Crippen molar-refractivity contribution in [2.24, 2.45) is 0 Å². The van der Waals surface area contributed by atoms with Crippen molar-refractivity contribution in [3.05, 3.63) is 29.3 Å². The quantitative estimate of drug-likeness (QED) is 0.676. The van der Waals surface area contributed by atoms with Crippen LogP contribution in [0, 0.1) is 11.3 Å². The molecule has 1 aromatic carbocycles. The summed E-state index contributed by atoms with van der Waals surface area (Å²) in [5, 5.41) is 11.7. The van der Waals surface area contributed by atoms with Gasteiger partial charge < -0.3 is 19.9 Å². The van der Waals surface area contributed by atoms with E-state index in [0.29, 0.717) is 13.0 Å². The minimum atomic E-state index is -4.67. The van der Waals surface area contributed by atoms with Gasteiger partial charge in [-0.2, -0.15) is 18.4 Å². The van der Waals surface area contributed by atoms with Gasteiger partial charge in [-0.25, -0.2) is 0 Å². The molecule has 1 fully saturated rings. The Morgan fingerprint density at radius 1 is 1.33 bits per heavy atom. The lowest BCUT2D eigenvalue weighted by molar-refractivity contribution is -0.141. The highest BCUT2D eigenvalue weighted by Crippen LogP contribution is 2.35. The molecule has 0 aliphatic carbocycles. The van der Waals surface area contributed by atoms with E-state index in [1.54, 1.807) is 11.0 Å². The molecule has 2 rings (SSSR count). The van der Waals surface area contributed by atoms with Crippen LogP contribution >= 0.6 is 0 Å². The lowest BCUT2D eigenvalue weighted by Crippen LogP contribution is -2.61. The van der Waals surface area contributed by atoms with E-state index in [2.05, 4.69) is 5.32 Å². The van der Waals surface area contributed by atoms with Crippen LogP contribution in [-0.4, -0.2) is 62.7 Å². The molecule has 1 aromatic rings. The van der Waals surface area contributed by atoms with Gasteiger partial charge in [-0.1, -0.05) is 6.92 Å². The maximum atomic E-state index is 13.3. The van der Waals surface area contributed by atoms with Crippen molar-refractivity contribution in [2.75, 3.05) is 44.8 Å². The number of halogens is 3. The van der Waals surface area contributed by atoms with Crippen LogP contribution in [0.25, 0.3) is 0 Å². The van der Waals surface area contributed by atoms with E-state index >= 15 is 0 Å². The minimum Gasteiger partial charge on any atom is -0.383 e. The van der Waals surface area contributed by atoms with Gasteiger partial charge in [-0.05, 0) is 24.6 Å². The SMILES string of the molecule is CCCC(=O)N1CCN(c2ccc(C#N)c(C(F)(F)F)c2)CC1C(=O)NCCOC. The minimum absolute atomic E-state index is 0.0530. The Morgan fingerprint density at radius 3 is 2.67 bits per heavy atom. The van der Waals surface area contributed by atoms with E-state index in [1.165, 1.54) is 18.1 Å². The molecule has 1 saturated heterocycles. The number of carbonyl (C=O) groups is 2. The Balaban J connectivity index is 2.28. The molecule has 2 amide bonds. The van der Waals surface area contributed by atoms with Gasteiger partial charge in [-0.15, -0.1) is 0 Å². The Labute approximate surface area is 173 Å². The lowest BCUT2D eigenvalue weighted by Gasteiger charge is -2.41. The second-order valence-electron chi connectivity index (χ2n) is 6.92.